The molecule has 0 aliphatic carbocycles. The Kier molecular flexibility index (Phi) is 5.53. The van der Waals surface area contributed by atoms with Crippen molar-refractivity contribution in [1.29, 1.82) is 0 Å². The second-order valence-electron chi connectivity index (χ2n) is 7.57. The highest BCUT2D eigenvalue weighted by Crippen LogP contribution is 2.36. The molecule has 0 saturated carbocycles. The Hall–Kier alpha value is -4.85. The minimum absolute atomic E-state index is 0.359. The fourth-order valence-electron chi connectivity index (χ4n) is 3.83. The molecule has 5 aromatic rings. The number of amides is 1. The van der Waals surface area contributed by atoms with E-state index in [1.54, 1.807) is 48.9 Å². The number of primary amides is 1. The molecule has 166 valence electrons. The Morgan fingerprint density at radius 1 is 0.824 bits per heavy atom. The van der Waals surface area contributed by atoms with Gasteiger partial charge in [0.1, 0.15) is 5.82 Å². The maximum Gasteiger partial charge on any atom is 0.249 e. The molecule has 0 atom stereocenters. The minimum atomic E-state index is -0.555. The molecule has 0 fully saturated rings. The maximum atomic E-state index is 14.0. The summed E-state index contributed by atoms with van der Waals surface area (Å²) in [6.45, 7) is 0. The highest BCUT2D eigenvalue weighted by atomic mass is 19.1. The van der Waals surface area contributed by atoms with Gasteiger partial charge in [0.15, 0.2) is 0 Å². The molecule has 7 nitrogen and oxygen atoms in total. The number of halogens is 1. The number of nitrogens with zero attached hydrogens (tertiary/aromatic N) is 3. The maximum absolute atomic E-state index is 14.0. The monoisotopic (exact) mass is 450 g/mol. The van der Waals surface area contributed by atoms with Gasteiger partial charge in [-0.15, -0.1) is 0 Å². The summed E-state index contributed by atoms with van der Waals surface area (Å²) in [5, 5.41) is 14.9. The zero-order valence-corrected chi connectivity index (χ0v) is 17.9. The molecule has 0 unspecified atom stereocenters. The second kappa shape index (κ2) is 8.95. The molecule has 4 N–H and O–H groups in total. The van der Waals surface area contributed by atoms with Crippen molar-refractivity contribution in [3.63, 3.8) is 0 Å². The predicted octanol–water partition coefficient (Wildman–Crippen LogP) is 5.42. The number of hydrogen-bond acceptors (Lipinski definition) is 6. The molecule has 0 saturated heterocycles. The summed E-state index contributed by atoms with van der Waals surface area (Å²) in [5.74, 6) is -0.917. The van der Waals surface area contributed by atoms with Gasteiger partial charge in [-0.05, 0) is 60.2 Å². The van der Waals surface area contributed by atoms with Crippen LogP contribution in [0.15, 0.2) is 91.4 Å². The normalized spacial score (nSPS) is 10.7. The van der Waals surface area contributed by atoms with E-state index < -0.39 is 5.91 Å². The standard InChI is InChI=1S/C26H19FN6O/c27-17-7-8-22-21(14-17)23(10-11-29-22)33-24-6-2-5-20(26(28)34)25(24)16-3-1-4-18(13-16)32-19-9-12-30-31-15-19/h1-15H,(H2,28,34)(H,29,33)(H,30,32). The lowest BCUT2D eigenvalue weighted by Crippen LogP contribution is -2.13. The molecule has 0 bridgehead atoms. The average Bonchev–Trinajstić information content (AvgIpc) is 2.85. The Bertz CT molecular complexity index is 1510. The third-order valence-corrected chi connectivity index (χ3v) is 5.33. The Balaban J connectivity index is 1.61. The van der Waals surface area contributed by atoms with Gasteiger partial charge in [-0.3, -0.25) is 9.78 Å². The van der Waals surface area contributed by atoms with E-state index in [0.29, 0.717) is 33.4 Å². The summed E-state index contributed by atoms with van der Waals surface area (Å²) in [4.78, 5) is 16.6. The summed E-state index contributed by atoms with van der Waals surface area (Å²) in [6.07, 6.45) is 4.86. The topological polar surface area (TPSA) is 106 Å². The summed E-state index contributed by atoms with van der Waals surface area (Å²) in [6, 6.07) is 20.9. The van der Waals surface area contributed by atoms with Crippen LogP contribution in [0.1, 0.15) is 10.4 Å². The fourth-order valence-corrected chi connectivity index (χ4v) is 3.83. The van der Waals surface area contributed by atoms with Crippen LogP contribution in [0.2, 0.25) is 0 Å². The lowest BCUT2D eigenvalue weighted by atomic mass is 9.96. The van der Waals surface area contributed by atoms with Crippen LogP contribution >= 0.6 is 0 Å². The Morgan fingerprint density at radius 3 is 2.53 bits per heavy atom. The van der Waals surface area contributed by atoms with Gasteiger partial charge in [-0.2, -0.15) is 10.2 Å². The summed E-state index contributed by atoms with van der Waals surface area (Å²) >= 11 is 0. The molecule has 0 radical (unpaired) electrons. The molecule has 1 amide bonds. The number of pyridine rings is 1. The van der Waals surface area contributed by atoms with E-state index in [1.807, 2.05) is 30.3 Å². The number of nitrogens with two attached hydrogens (primary N) is 1. The van der Waals surface area contributed by atoms with Crippen LogP contribution < -0.4 is 16.4 Å². The molecule has 2 aromatic heterocycles. The van der Waals surface area contributed by atoms with Crippen molar-refractivity contribution in [3.8, 4) is 11.1 Å². The quantitative estimate of drug-likeness (QED) is 0.319. The number of carbonyl (C=O) groups is 1. The predicted molar refractivity (Wildman–Crippen MR) is 131 cm³/mol. The van der Waals surface area contributed by atoms with Crippen molar-refractivity contribution >= 4 is 39.6 Å². The first kappa shape index (κ1) is 21.0. The van der Waals surface area contributed by atoms with Crippen molar-refractivity contribution in [2.45, 2.75) is 0 Å². The second-order valence-corrected chi connectivity index (χ2v) is 7.57. The van der Waals surface area contributed by atoms with Gasteiger partial charge < -0.3 is 16.4 Å². The zero-order valence-electron chi connectivity index (χ0n) is 17.9. The highest BCUT2D eigenvalue weighted by molar-refractivity contribution is 6.05. The summed E-state index contributed by atoms with van der Waals surface area (Å²) in [7, 11) is 0. The van der Waals surface area contributed by atoms with Crippen molar-refractivity contribution in [2.24, 2.45) is 5.73 Å². The number of benzene rings is 3. The molecule has 34 heavy (non-hydrogen) atoms. The van der Waals surface area contributed by atoms with E-state index >= 15 is 0 Å². The van der Waals surface area contributed by atoms with Crippen LogP contribution in [-0.2, 0) is 0 Å². The first-order valence-electron chi connectivity index (χ1n) is 10.5. The summed E-state index contributed by atoms with van der Waals surface area (Å²) < 4.78 is 14.0. The summed E-state index contributed by atoms with van der Waals surface area (Å²) in [5.41, 5.74) is 11.0. The SMILES string of the molecule is NC(=O)c1cccc(Nc2ccnc3ccc(F)cc23)c1-c1cccc(Nc2ccnnc2)c1. The van der Waals surface area contributed by atoms with Crippen molar-refractivity contribution in [2.75, 3.05) is 10.6 Å². The number of hydrogen-bond donors (Lipinski definition) is 3. The smallest absolute Gasteiger partial charge is 0.249 e. The molecule has 0 aliphatic rings. The first-order chi connectivity index (χ1) is 16.6. The van der Waals surface area contributed by atoms with E-state index in [-0.39, 0.29) is 5.82 Å². The number of fused-ring (bicyclic) bond motifs is 1. The molecule has 0 spiro atoms. The molecule has 0 aliphatic heterocycles. The van der Waals surface area contributed by atoms with E-state index in [9.17, 15) is 9.18 Å². The van der Waals surface area contributed by atoms with Gasteiger partial charge in [0.05, 0.1) is 23.6 Å². The molecule has 8 heteroatoms. The van der Waals surface area contributed by atoms with Gasteiger partial charge in [-0.25, -0.2) is 4.39 Å². The van der Waals surface area contributed by atoms with Crippen LogP contribution in [0.4, 0.5) is 27.1 Å². The van der Waals surface area contributed by atoms with Gasteiger partial charge in [0.2, 0.25) is 5.91 Å². The fraction of sp³-hybridized carbons (Fsp3) is 0. The van der Waals surface area contributed by atoms with Crippen LogP contribution in [0, 0.1) is 5.82 Å². The molecular weight excluding hydrogens is 431 g/mol. The van der Waals surface area contributed by atoms with E-state index in [1.165, 1.54) is 12.1 Å². The average molecular weight is 450 g/mol. The number of anilines is 4. The van der Waals surface area contributed by atoms with Gasteiger partial charge in [0.25, 0.3) is 0 Å². The van der Waals surface area contributed by atoms with Crippen molar-refractivity contribution in [1.82, 2.24) is 15.2 Å². The van der Waals surface area contributed by atoms with E-state index in [4.69, 9.17) is 5.73 Å². The molecule has 3 aromatic carbocycles. The molecular formula is C26H19FN6O. The Labute approximate surface area is 194 Å². The molecule has 2 heterocycles. The number of nitrogens with one attached hydrogen (secondary N) is 2. The van der Waals surface area contributed by atoms with Crippen molar-refractivity contribution in [3.05, 3.63) is 103 Å². The largest absolute Gasteiger partial charge is 0.366 e. The van der Waals surface area contributed by atoms with E-state index in [2.05, 4.69) is 25.8 Å². The number of rotatable bonds is 6. The van der Waals surface area contributed by atoms with Crippen LogP contribution in [-0.4, -0.2) is 21.1 Å². The zero-order chi connectivity index (χ0) is 23.5. The van der Waals surface area contributed by atoms with Gasteiger partial charge in [-0.1, -0.05) is 18.2 Å². The van der Waals surface area contributed by atoms with Gasteiger partial charge in [0, 0.05) is 39.8 Å². The number of carbonyl (C=O) groups excluding carboxylic acids is 1. The van der Waals surface area contributed by atoms with Crippen LogP contribution in [0.25, 0.3) is 22.0 Å². The first-order valence-corrected chi connectivity index (χ1v) is 10.5. The highest BCUT2D eigenvalue weighted by Gasteiger charge is 2.16. The van der Waals surface area contributed by atoms with Crippen LogP contribution in [0.5, 0.6) is 0 Å². The van der Waals surface area contributed by atoms with Crippen molar-refractivity contribution < 1.29 is 9.18 Å². The van der Waals surface area contributed by atoms with Crippen LogP contribution in [0.3, 0.4) is 0 Å². The Morgan fingerprint density at radius 2 is 1.71 bits per heavy atom. The van der Waals surface area contributed by atoms with E-state index in [0.717, 1.165) is 16.9 Å². The molecule has 5 rings (SSSR count). The minimum Gasteiger partial charge on any atom is -0.366 e. The van der Waals surface area contributed by atoms with Gasteiger partial charge >= 0.3 is 0 Å². The number of aromatic nitrogens is 3. The lowest BCUT2D eigenvalue weighted by molar-refractivity contribution is 0.100. The lowest BCUT2D eigenvalue weighted by Gasteiger charge is -2.17. The third-order valence-electron chi connectivity index (χ3n) is 5.33. The third kappa shape index (κ3) is 4.24.